The van der Waals surface area contributed by atoms with Crippen LogP contribution in [0.5, 0.6) is 11.5 Å². The van der Waals surface area contributed by atoms with Gasteiger partial charge >= 0.3 is 0 Å². The molecule has 0 aromatic heterocycles. The van der Waals surface area contributed by atoms with Crippen molar-refractivity contribution in [2.75, 3.05) is 20.8 Å². The van der Waals surface area contributed by atoms with E-state index in [0.29, 0.717) is 23.0 Å². The highest BCUT2D eigenvalue weighted by Crippen LogP contribution is 2.35. The third-order valence-electron chi connectivity index (χ3n) is 3.67. The van der Waals surface area contributed by atoms with E-state index in [1.165, 1.54) is 13.2 Å². The van der Waals surface area contributed by atoms with E-state index in [-0.39, 0.29) is 11.9 Å². The van der Waals surface area contributed by atoms with Crippen LogP contribution >= 0.6 is 0 Å². The summed E-state index contributed by atoms with van der Waals surface area (Å²) in [6.45, 7) is 7.21. The van der Waals surface area contributed by atoms with Gasteiger partial charge in [0, 0.05) is 17.7 Å². The Labute approximate surface area is 121 Å². The molecule has 114 valence electrons. The lowest BCUT2D eigenvalue weighted by atomic mass is 9.91. The van der Waals surface area contributed by atoms with Crippen LogP contribution in [0.4, 0.5) is 4.39 Å². The number of methoxy groups -OCH3 is 2. The molecule has 0 bridgehead atoms. The second-order valence-corrected chi connectivity index (χ2v) is 5.05. The summed E-state index contributed by atoms with van der Waals surface area (Å²) >= 11 is 0. The van der Waals surface area contributed by atoms with Gasteiger partial charge in [-0.2, -0.15) is 0 Å². The average Bonchev–Trinajstić information content (AvgIpc) is 2.47. The van der Waals surface area contributed by atoms with Gasteiger partial charge in [-0.1, -0.05) is 27.2 Å². The third kappa shape index (κ3) is 3.85. The first kappa shape index (κ1) is 16.8. The van der Waals surface area contributed by atoms with Crippen molar-refractivity contribution in [1.29, 1.82) is 0 Å². The van der Waals surface area contributed by atoms with E-state index in [1.54, 1.807) is 13.2 Å². The third-order valence-corrected chi connectivity index (χ3v) is 3.67. The predicted octanol–water partition coefficient (Wildman–Crippen LogP) is 3.93. The summed E-state index contributed by atoms with van der Waals surface area (Å²) in [6.07, 6.45) is 2.00. The summed E-state index contributed by atoms with van der Waals surface area (Å²) < 4.78 is 24.8. The van der Waals surface area contributed by atoms with Crippen molar-refractivity contribution in [3.8, 4) is 11.5 Å². The predicted molar refractivity (Wildman–Crippen MR) is 80.0 cm³/mol. The Morgan fingerprint density at radius 1 is 1.15 bits per heavy atom. The molecule has 1 aromatic carbocycles. The topological polar surface area (TPSA) is 30.5 Å². The van der Waals surface area contributed by atoms with E-state index in [2.05, 4.69) is 26.1 Å². The Morgan fingerprint density at radius 3 is 2.25 bits per heavy atom. The van der Waals surface area contributed by atoms with Crippen LogP contribution in [0, 0.1) is 11.7 Å². The van der Waals surface area contributed by atoms with Crippen LogP contribution in [0.15, 0.2) is 12.1 Å². The number of hydrogen-bond acceptors (Lipinski definition) is 3. The van der Waals surface area contributed by atoms with Gasteiger partial charge in [0.2, 0.25) is 0 Å². The van der Waals surface area contributed by atoms with Gasteiger partial charge in [-0.25, -0.2) is 4.39 Å². The molecule has 0 aliphatic rings. The minimum absolute atomic E-state index is 0.0141. The van der Waals surface area contributed by atoms with Crippen molar-refractivity contribution in [3.05, 3.63) is 23.5 Å². The molecular weight excluding hydrogens is 257 g/mol. The lowest BCUT2D eigenvalue weighted by molar-refractivity contribution is 0.340. The second kappa shape index (κ2) is 8.10. The highest BCUT2D eigenvalue weighted by Gasteiger charge is 2.23. The van der Waals surface area contributed by atoms with Crippen LogP contribution in [0.1, 0.15) is 45.2 Å². The van der Waals surface area contributed by atoms with Gasteiger partial charge in [0.25, 0.3) is 0 Å². The zero-order valence-electron chi connectivity index (χ0n) is 13.1. The van der Waals surface area contributed by atoms with E-state index < -0.39 is 0 Å². The molecule has 2 atom stereocenters. The number of ether oxygens (including phenoxy) is 2. The minimum Gasteiger partial charge on any atom is -0.493 e. The molecule has 0 fully saturated rings. The zero-order chi connectivity index (χ0) is 15.1. The van der Waals surface area contributed by atoms with Gasteiger partial charge in [-0.3, -0.25) is 0 Å². The standard InChI is InChI=1S/C16H26FNO2/c1-6-8-18-16(11(3)7-2)12-9-14(19-4)15(20-5)10-13(12)17/h9-11,16,18H,6-8H2,1-5H3. The van der Waals surface area contributed by atoms with E-state index in [0.717, 1.165) is 19.4 Å². The molecule has 0 saturated heterocycles. The van der Waals surface area contributed by atoms with E-state index in [9.17, 15) is 4.39 Å². The summed E-state index contributed by atoms with van der Waals surface area (Å²) in [4.78, 5) is 0. The number of rotatable bonds is 8. The molecule has 1 rings (SSSR count). The smallest absolute Gasteiger partial charge is 0.163 e. The molecule has 0 amide bonds. The van der Waals surface area contributed by atoms with Crippen molar-refractivity contribution in [1.82, 2.24) is 5.32 Å². The lowest BCUT2D eigenvalue weighted by Gasteiger charge is -2.26. The molecule has 0 heterocycles. The molecule has 0 saturated carbocycles. The summed E-state index contributed by atoms with van der Waals surface area (Å²) in [5.41, 5.74) is 0.644. The van der Waals surface area contributed by atoms with Crippen molar-refractivity contribution in [2.24, 2.45) is 5.92 Å². The number of nitrogens with one attached hydrogen (secondary N) is 1. The van der Waals surface area contributed by atoms with Crippen LogP contribution in [0.2, 0.25) is 0 Å². The number of halogens is 1. The van der Waals surface area contributed by atoms with Crippen LogP contribution in [-0.2, 0) is 0 Å². The fourth-order valence-electron chi connectivity index (χ4n) is 2.26. The van der Waals surface area contributed by atoms with Gasteiger partial charge in [0.1, 0.15) is 5.82 Å². The van der Waals surface area contributed by atoms with Gasteiger partial charge in [0.15, 0.2) is 11.5 Å². The Bertz CT molecular complexity index is 423. The molecule has 0 aliphatic carbocycles. The fraction of sp³-hybridized carbons (Fsp3) is 0.625. The molecule has 20 heavy (non-hydrogen) atoms. The number of hydrogen-bond donors (Lipinski definition) is 1. The fourth-order valence-corrected chi connectivity index (χ4v) is 2.26. The van der Waals surface area contributed by atoms with Crippen molar-refractivity contribution < 1.29 is 13.9 Å². The maximum absolute atomic E-state index is 14.4. The molecule has 1 N–H and O–H groups in total. The molecule has 0 spiro atoms. The average molecular weight is 283 g/mol. The van der Waals surface area contributed by atoms with Crippen molar-refractivity contribution >= 4 is 0 Å². The van der Waals surface area contributed by atoms with Gasteiger partial charge in [-0.05, 0) is 24.9 Å². The Kier molecular flexibility index (Phi) is 6.79. The Morgan fingerprint density at radius 2 is 1.75 bits per heavy atom. The molecule has 1 aromatic rings. The minimum atomic E-state index is -0.253. The maximum atomic E-state index is 14.4. The molecular formula is C16H26FNO2. The molecule has 4 heteroatoms. The van der Waals surface area contributed by atoms with Crippen LogP contribution in [0.25, 0.3) is 0 Å². The van der Waals surface area contributed by atoms with Crippen LogP contribution in [-0.4, -0.2) is 20.8 Å². The quantitative estimate of drug-likeness (QED) is 0.784. The summed E-state index contributed by atoms with van der Waals surface area (Å²) in [6, 6.07) is 3.13. The second-order valence-electron chi connectivity index (χ2n) is 5.05. The Balaban J connectivity index is 3.17. The van der Waals surface area contributed by atoms with E-state index >= 15 is 0 Å². The van der Waals surface area contributed by atoms with Gasteiger partial charge in [0.05, 0.1) is 14.2 Å². The van der Waals surface area contributed by atoms with Crippen LogP contribution in [0.3, 0.4) is 0 Å². The monoisotopic (exact) mass is 283 g/mol. The highest BCUT2D eigenvalue weighted by molar-refractivity contribution is 5.44. The van der Waals surface area contributed by atoms with Gasteiger partial charge in [-0.15, -0.1) is 0 Å². The zero-order valence-corrected chi connectivity index (χ0v) is 13.1. The summed E-state index contributed by atoms with van der Waals surface area (Å²) in [5, 5.41) is 3.43. The molecule has 0 radical (unpaired) electrons. The van der Waals surface area contributed by atoms with Crippen LogP contribution < -0.4 is 14.8 Å². The summed E-state index contributed by atoms with van der Waals surface area (Å²) in [7, 11) is 3.08. The lowest BCUT2D eigenvalue weighted by Crippen LogP contribution is -2.28. The SMILES string of the molecule is CCCNC(c1cc(OC)c(OC)cc1F)C(C)CC. The first-order chi connectivity index (χ1) is 9.58. The van der Waals surface area contributed by atoms with Gasteiger partial charge < -0.3 is 14.8 Å². The van der Waals surface area contributed by atoms with Crippen molar-refractivity contribution in [3.63, 3.8) is 0 Å². The Hall–Kier alpha value is -1.29. The van der Waals surface area contributed by atoms with E-state index in [4.69, 9.17) is 9.47 Å². The molecule has 3 nitrogen and oxygen atoms in total. The maximum Gasteiger partial charge on any atom is 0.163 e. The first-order valence-electron chi connectivity index (χ1n) is 7.23. The van der Waals surface area contributed by atoms with Crippen molar-refractivity contribution in [2.45, 2.75) is 39.7 Å². The molecule has 0 aliphatic heterocycles. The normalized spacial score (nSPS) is 13.9. The summed E-state index contributed by atoms with van der Waals surface area (Å²) in [5.74, 6) is 1.08. The highest BCUT2D eigenvalue weighted by atomic mass is 19.1. The van der Waals surface area contributed by atoms with E-state index in [1.807, 2.05) is 0 Å². The number of benzene rings is 1. The first-order valence-corrected chi connectivity index (χ1v) is 7.23. The molecule has 2 unspecified atom stereocenters. The largest absolute Gasteiger partial charge is 0.493 e.